The van der Waals surface area contributed by atoms with Crippen molar-refractivity contribution in [1.82, 2.24) is 10.2 Å². The molecule has 0 radical (unpaired) electrons. The first kappa shape index (κ1) is 17.5. The summed E-state index contributed by atoms with van der Waals surface area (Å²) in [5.41, 5.74) is 2.24. The summed E-state index contributed by atoms with van der Waals surface area (Å²) in [4.78, 5) is 14.5. The Hall–Kier alpha value is -2.31. The second-order valence-electron chi connectivity index (χ2n) is 5.97. The number of rotatable bonds is 5. The van der Waals surface area contributed by atoms with Crippen molar-refractivity contribution >= 4 is 5.91 Å². The van der Waals surface area contributed by atoms with Crippen LogP contribution in [0.15, 0.2) is 42.5 Å². The van der Waals surface area contributed by atoms with Crippen LogP contribution in [0, 0.1) is 11.6 Å². The fraction of sp³-hybridized carbons (Fsp3) is 0.316. The average molecular weight is 346 g/mol. The predicted octanol–water partition coefficient (Wildman–Crippen LogP) is 2.73. The number of benzene rings is 2. The molecule has 2 aromatic rings. The summed E-state index contributed by atoms with van der Waals surface area (Å²) in [5, 5.41) is 2.77. The van der Waals surface area contributed by atoms with Crippen molar-refractivity contribution in [3.63, 3.8) is 0 Å². The third-order valence-electron chi connectivity index (χ3n) is 4.24. The molecule has 2 aromatic carbocycles. The Balaban J connectivity index is 1.64. The van der Waals surface area contributed by atoms with Crippen molar-refractivity contribution in [3.8, 4) is 0 Å². The number of hydrogen-bond acceptors (Lipinski definition) is 3. The molecular weight excluding hydrogens is 326 g/mol. The average Bonchev–Trinajstić information content (AvgIpc) is 2.64. The Morgan fingerprint density at radius 2 is 1.76 bits per heavy atom. The summed E-state index contributed by atoms with van der Waals surface area (Å²) in [6.45, 7) is 4.36. The van der Waals surface area contributed by atoms with Gasteiger partial charge >= 0.3 is 0 Å². The van der Waals surface area contributed by atoms with Gasteiger partial charge in [0.25, 0.3) is 5.91 Å². The van der Waals surface area contributed by atoms with Crippen LogP contribution < -0.4 is 5.32 Å². The molecule has 132 valence electrons. The van der Waals surface area contributed by atoms with Crippen molar-refractivity contribution in [2.45, 2.75) is 13.1 Å². The van der Waals surface area contributed by atoms with E-state index in [0.717, 1.165) is 56.1 Å². The highest BCUT2D eigenvalue weighted by atomic mass is 19.2. The highest BCUT2D eigenvalue weighted by molar-refractivity contribution is 5.94. The molecule has 1 heterocycles. The van der Waals surface area contributed by atoms with Crippen LogP contribution in [0.5, 0.6) is 0 Å². The molecule has 1 aliphatic heterocycles. The Kier molecular flexibility index (Phi) is 5.73. The Labute approximate surface area is 145 Å². The van der Waals surface area contributed by atoms with Gasteiger partial charge in [-0.25, -0.2) is 8.78 Å². The van der Waals surface area contributed by atoms with Crippen molar-refractivity contribution in [3.05, 3.63) is 70.8 Å². The monoisotopic (exact) mass is 346 g/mol. The minimum Gasteiger partial charge on any atom is -0.379 e. The first-order valence-corrected chi connectivity index (χ1v) is 8.23. The number of amides is 1. The molecule has 0 saturated carbocycles. The minimum absolute atomic E-state index is 0.101. The van der Waals surface area contributed by atoms with Gasteiger partial charge in [0, 0.05) is 31.7 Å². The van der Waals surface area contributed by atoms with E-state index in [1.807, 2.05) is 24.3 Å². The third kappa shape index (κ3) is 4.61. The molecule has 25 heavy (non-hydrogen) atoms. The first-order valence-electron chi connectivity index (χ1n) is 8.23. The van der Waals surface area contributed by atoms with Crippen molar-refractivity contribution < 1.29 is 18.3 Å². The maximum Gasteiger partial charge on any atom is 0.251 e. The Morgan fingerprint density at radius 1 is 1.04 bits per heavy atom. The molecule has 1 N–H and O–H groups in total. The number of ether oxygens (including phenoxy) is 1. The number of halogens is 2. The summed E-state index contributed by atoms with van der Waals surface area (Å²) < 4.78 is 31.6. The van der Waals surface area contributed by atoms with E-state index < -0.39 is 17.5 Å². The molecule has 6 heteroatoms. The van der Waals surface area contributed by atoms with Crippen LogP contribution in [0.4, 0.5) is 8.78 Å². The quantitative estimate of drug-likeness (QED) is 0.905. The van der Waals surface area contributed by atoms with E-state index in [2.05, 4.69) is 10.2 Å². The predicted molar refractivity (Wildman–Crippen MR) is 90.1 cm³/mol. The van der Waals surface area contributed by atoms with E-state index in [0.29, 0.717) is 6.54 Å². The highest BCUT2D eigenvalue weighted by Crippen LogP contribution is 2.14. The van der Waals surface area contributed by atoms with Gasteiger partial charge in [0.15, 0.2) is 11.6 Å². The summed E-state index contributed by atoms with van der Waals surface area (Å²) in [6, 6.07) is 11.0. The van der Waals surface area contributed by atoms with E-state index in [4.69, 9.17) is 4.74 Å². The molecular formula is C19H20F2N2O2. The number of carbonyl (C=O) groups excluding carboxylic acids is 1. The SMILES string of the molecule is O=C(NCc1ccccc1CN1CCOCC1)c1ccc(F)c(F)c1. The van der Waals surface area contributed by atoms with Crippen LogP contribution in [0.25, 0.3) is 0 Å². The lowest BCUT2D eigenvalue weighted by Gasteiger charge is -2.27. The fourth-order valence-electron chi connectivity index (χ4n) is 2.80. The third-order valence-corrected chi connectivity index (χ3v) is 4.24. The van der Waals surface area contributed by atoms with Crippen LogP contribution in [0.3, 0.4) is 0 Å². The first-order chi connectivity index (χ1) is 12.1. The van der Waals surface area contributed by atoms with E-state index in [1.165, 1.54) is 6.07 Å². The molecule has 0 atom stereocenters. The summed E-state index contributed by atoms with van der Waals surface area (Å²) in [7, 11) is 0. The van der Waals surface area contributed by atoms with Gasteiger partial charge in [-0.15, -0.1) is 0 Å². The topological polar surface area (TPSA) is 41.6 Å². The maximum absolute atomic E-state index is 13.3. The Morgan fingerprint density at radius 3 is 2.48 bits per heavy atom. The second kappa shape index (κ2) is 8.18. The molecule has 1 amide bonds. The zero-order chi connectivity index (χ0) is 17.6. The minimum atomic E-state index is -1.03. The number of carbonyl (C=O) groups is 1. The van der Waals surface area contributed by atoms with Crippen LogP contribution >= 0.6 is 0 Å². The maximum atomic E-state index is 13.3. The van der Waals surface area contributed by atoms with Crippen LogP contribution in [0.2, 0.25) is 0 Å². The molecule has 1 saturated heterocycles. The van der Waals surface area contributed by atoms with Gasteiger partial charge in [-0.3, -0.25) is 9.69 Å². The van der Waals surface area contributed by atoms with Gasteiger partial charge in [0.1, 0.15) is 0 Å². The van der Waals surface area contributed by atoms with E-state index in [9.17, 15) is 13.6 Å². The zero-order valence-corrected chi connectivity index (χ0v) is 13.8. The number of hydrogen-bond donors (Lipinski definition) is 1. The van der Waals surface area contributed by atoms with E-state index in [-0.39, 0.29) is 5.56 Å². The van der Waals surface area contributed by atoms with Crippen molar-refractivity contribution in [1.29, 1.82) is 0 Å². The lowest BCUT2D eigenvalue weighted by molar-refractivity contribution is 0.0340. The lowest BCUT2D eigenvalue weighted by atomic mass is 10.1. The fourth-order valence-corrected chi connectivity index (χ4v) is 2.80. The molecule has 0 aromatic heterocycles. The molecule has 0 unspecified atom stereocenters. The highest BCUT2D eigenvalue weighted by Gasteiger charge is 2.14. The van der Waals surface area contributed by atoms with Gasteiger partial charge < -0.3 is 10.1 Å². The lowest BCUT2D eigenvalue weighted by Crippen LogP contribution is -2.36. The summed E-state index contributed by atoms with van der Waals surface area (Å²) in [5.74, 6) is -2.42. The normalized spacial score (nSPS) is 15.1. The van der Waals surface area contributed by atoms with Gasteiger partial charge in [-0.2, -0.15) is 0 Å². The van der Waals surface area contributed by atoms with E-state index in [1.54, 1.807) is 0 Å². The van der Waals surface area contributed by atoms with E-state index >= 15 is 0 Å². The van der Waals surface area contributed by atoms with Crippen molar-refractivity contribution in [2.75, 3.05) is 26.3 Å². The molecule has 0 bridgehead atoms. The van der Waals surface area contributed by atoms with Crippen LogP contribution in [-0.4, -0.2) is 37.1 Å². The molecule has 3 rings (SSSR count). The van der Waals surface area contributed by atoms with Crippen molar-refractivity contribution in [2.24, 2.45) is 0 Å². The zero-order valence-electron chi connectivity index (χ0n) is 13.8. The largest absolute Gasteiger partial charge is 0.379 e. The molecule has 0 aliphatic carbocycles. The molecule has 1 aliphatic rings. The summed E-state index contributed by atoms with van der Waals surface area (Å²) in [6.07, 6.45) is 0. The molecule has 0 spiro atoms. The smallest absolute Gasteiger partial charge is 0.251 e. The molecule has 1 fully saturated rings. The summed E-state index contributed by atoms with van der Waals surface area (Å²) >= 11 is 0. The number of morpholine rings is 1. The standard InChI is InChI=1S/C19H20F2N2O2/c20-17-6-5-14(11-18(17)21)19(24)22-12-15-3-1-2-4-16(15)13-23-7-9-25-10-8-23/h1-6,11H,7-10,12-13H2,(H,22,24). The van der Waals surface area contributed by atoms with Gasteiger partial charge in [-0.05, 0) is 29.3 Å². The Bertz CT molecular complexity index is 746. The molecule has 4 nitrogen and oxygen atoms in total. The van der Waals surface area contributed by atoms with Gasteiger partial charge in [-0.1, -0.05) is 24.3 Å². The van der Waals surface area contributed by atoms with Crippen LogP contribution in [0.1, 0.15) is 21.5 Å². The second-order valence-corrected chi connectivity index (χ2v) is 5.97. The number of nitrogens with one attached hydrogen (secondary N) is 1. The van der Waals surface area contributed by atoms with Gasteiger partial charge in [0.05, 0.1) is 13.2 Å². The van der Waals surface area contributed by atoms with Crippen LogP contribution in [-0.2, 0) is 17.8 Å². The number of nitrogens with zero attached hydrogens (tertiary/aromatic N) is 1. The van der Waals surface area contributed by atoms with Gasteiger partial charge in [0.2, 0.25) is 0 Å².